The van der Waals surface area contributed by atoms with Gasteiger partial charge >= 0.3 is 11.9 Å². The number of carbonyl (C=O) groups excluding carboxylic acids is 3. The molecule has 0 aromatic heterocycles. The van der Waals surface area contributed by atoms with Gasteiger partial charge in [-0.1, -0.05) is 20.3 Å². The van der Waals surface area contributed by atoms with Crippen LogP contribution >= 0.6 is 11.8 Å². The molecule has 0 fully saturated rings. The Hall–Kier alpha value is -2.34. The van der Waals surface area contributed by atoms with Gasteiger partial charge in [-0.25, -0.2) is 0 Å². The van der Waals surface area contributed by atoms with Crippen molar-refractivity contribution in [3.63, 3.8) is 0 Å². The molecule has 0 rings (SSSR count). The number of aliphatic carboxylic acids is 2. The third kappa shape index (κ3) is 10.7. The fraction of sp³-hybridized carbons (Fsp3) is 0.706. The predicted octanol–water partition coefficient (Wildman–Crippen LogP) is -1.24. The number of hydrogen-bond acceptors (Lipinski definition) is 7. The number of amides is 3. The second kappa shape index (κ2) is 13.8. The first-order chi connectivity index (χ1) is 13.5. The second-order valence-electron chi connectivity index (χ2n) is 6.53. The van der Waals surface area contributed by atoms with E-state index in [1.807, 2.05) is 6.26 Å². The summed E-state index contributed by atoms with van der Waals surface area (Å²) < 4.78 is 0. The molecule has 0 aromatic carbocycles. The summed E-state index contributed by atoms with van der Waals surface area (Å²) in [5, 5.41) is 24.7. The van der Waals surface area contributed by atoms with Crippen LogP contribution in [0, 0.1) is 5.92 Å². The van der Waals surface area contributed by atoms with E-state index in [0.717, 1.165) is 0 Å². The maximum atomic E-state index is 12.6. The Morgan fingerprint density at radius 1 is 1.00 bits per heavy atom. The second-order valence-corrected chi connectivity index (χ2v) is 7.52. The molecule has 29 heavy (non-hydrogen) atoms. The number of carboxylic acids is 2. The first-order valence-corrected chi connectivity index (χ1v) is 10.5. The lowest BCUT2D eigenvalue weighted by Crippen LogP contribution is -2.58. The van der Waals surface area contributed by atoms with Gasteiger partial charge in [0.25, 0.3) is 0 Å². The van der Waals surface area contributed by atoms with Crippen molar-refractivity contribution in [2.75, 3.05) is 18.6 Å². The third-order valence-corrected chi connectivity index (χ3v) is 4.83. The standard InChI is InChI=1S/C17H30N4O7S/c1-4-9(2)14(17(28)19-8-13(24)25)21-16(27)11(7-12(22)23)20-15(26)10(18)5-6-29-3/h9-11,14H,4-8,18H2,1-3H3,(H,19,28)(H,20,26)(H,21,27)(H,22,23)(H,24,25). The van der Waals surface area contributed by atoms with Gasteiger partial charge in [0.05, 0.1) is 12.5 Å². The number of hydrogen-bond donors (Lipinski definition) is 6. The minimum atomic E-state index is -1.43. The molecule has 12 heteroatoms. The molecule has 0 aliphatic carbocycles. The maximum absolute atomic E-state index is 12.6. The first-order valence-electron chi connectivity index (χ1n) is 9.09. The highest BCUT2D eigenvalue weighted by Crippen LogP contribution is 2.09. The van der Waals surface area contributed by atoms with Crippen molar-refractivity contribution >= 4 is 41.4 Å². The monoisotopic (exact) mass is 434 g/mol. The summed E-state index contributed by atoms with van der Waals surface area (Å²) in [6.07, 6.45) is 1.98. The van der Waals surface area contributed by atoms with Crippen molar-refractivity contribution in [2.24, 2.45) is 11.7 Å². The SMILES string of the molecule is CCC(C)C(NC(=O)C(CC(=O)O)NC(=O)C(N)CCSC)C(=O)NCC(=O)O. The van der Waals surface area contributed by atoms with Crippen LogP contribution in [0.25, 0.3) is 0 Å². The van der Waals surface area contributed by atoms with E-state index in [1.165, 1.54) is 11.8 Å². The van der Waals surface area contributed by atoms with Gasteiger partial charge in [0, 0.05) is 0 Å². The number of carboxylic acid groups (broad SMARTS) is 2. The van der Waals surface area contributed by atoms with Gasteiger partial charge in [-0.3, -0.25) is 24.0 Å². The Labute approximate surface area is 173 Å². The van der Waals surface area contributed by atoms with Gasteiger partial charge in [-0.2, -0.15) is 11.8 Å². The van der Waals surface area contributed by atoms with Crippen molar-refractivity contribution in [3.05, 3.63) is 0 Å². The van der Waals surface area contributed by atoms with E-state index in [2.05, 4.69) is 16.0 Å². The van der Waals surface area contributed by atoms with Crippen molar-refractivity contribution in [1.82, 2.24) is 16.0 Å². The van der Waals surface area contributed by atoms with Gasteiger partial charge in [-0.05, 0) is 24.3 Å². The van der Waals surface area contributed by atoms with Crippen molar-refractivity contribution in [1.29, 1.82) is 0 Å². The summed E-state index contributed by atoms with van der Waals surface area (Å²) in [6, 6.07) is -3.43. The number of nitrogens with two attached hydrogens (primary N) is 1. The van der Waals surface area contributed by atoms with Crippen molar-refractivity contribution < 1.29 is 34.2 Å². The minimum absolute atomic E-state index is 0.349. The van der Waals surface area contributed by atoms with Crippen LogP contribution in [-0.2, 0) is 24.0 Å². The number of thioether (sulfide) groups is 1. The van der Waals surface area contributed by atoms with Gasteiger partial charge < -0.3 is 31.9 Å². The molecule has 0 heterocycles. The molecule has 0 bridgehead atoms. The molecule has 0 radical (unpaired) electrons. The lowest BCUT2D eigenvalue weighted by Gasteiger charge is -2.26. The smallest absolute Gasteiger partial charge is 0.322 e. The Balaban J connectivity index is 5.26. The van der Waals surface area contributed by atoms with Crippen molar-refractivity contribution in [3.8, 4) is 0 Å². The summed E-state index contributed by atoms with van der Waals surface area (Å²) in [6.45, 7) is 2.82. The van der Waals surface area contributed by atoms with E-state index in [4.69, 9.17) is 15.9 Å². The number of rotatable bonds is 14. The molecular formula is C17H30N4O7S. The van der Waals surface area contributed by atoms with Crippen LogP contribution in [0.4, 0.5) is 0 Å². The van der Waals surface area contributed by atoms with Gasteiger partial charge in [-0.15, -0.1) is 0 Å². The van der Waals surface area contributed by atoms with E-state index in [9.17, 15) is 24.0 Å². The molecule has 0 aliphatic heterocycles. The molecule has 11 nitrogen and oxygen atoms in total. The van der Waals surface area contributed by atoms with Gasteiger partial charge in [0.1, 0.15) is 18.6 Å². The van der Waals surface area contributed by atoms with Crippen LogP contribution in [0.1, 0.15) is 33.1 Å². The summed E-state index contributed by atoms with van der Waals surface area (Å²) >= 11 is 1.49. The Kier molecular flexibility index (Phi) is 12.7. The largest absolute Gasteiger partial charge is 0.481 e. The highest BCUT2D eigenvalue weighted by molar-refractivity contribution is 7.98. The molecule has 0 aromatic rings. The molecule has 0 spiro atoms. The van der Waals surface area contributed by atoms with E-state index in [-0.39, 0.29) is 5.92 Å². The lowest BCUT2D eigenvalue weighted by molar-refractivity contribution is -0.142. The molecule has 0 aliphatic rings. The quantitative estimate of drug-likeness (QED) is 0.194. The van der Waals surface area contributed by atoms with Crippen LogP contribution in [0.15, 0.2) is 0 Å². The highest BCUT2D eigenvalue weighted by Gasteiger charge is 2.31. The van der Waals surface area contributed by atoms with Crippen LogP contribution in [0.2, 0.25) is 0 Å². The zero-order valence-electron chi connectivity index (χ0n) is 16.8. The molecule has 0 saturated heterocycles. The van der Waals surface area contributed by atoms with Crippen LogP contribution in [0.3, 0.4) is 0 Å². The summed E-state index contributed by atoms with van der Waals surface area (Å²) in [5.74, 6) is -4.57. The molecule has 0 saturated carbocycles. The molecule has 4 atom stereocenters. The average molecular weight is 435 g/mol. The Morgan fingerprint density at radius 2 is 1.62 bits per heavy atom. The number of nitrogens with one attached hydrogen (secondary N) is 3. The molecule has 166 valence electrons. The number of carbonyl (C=O) groups is 5. The van der Waals surface area contributed by atoms with E-state index in [1.54, 1.807) is 13.8 Å². The van der Waals surface area contributed by atoms with E-state index >= 15 is 0 Å². The topological polar surface area (TPSA) is 188 Å². The molecule has 7 N–H and O–H groups in total. The first kappa shape index (κ1) is 26.7. The van der Waals surface area contributed by atoms with Crippen LogP contribution < -0.4 is 21.7 Å². The van der Waals surface area contributed by atoms with E-state index < -0.39 is 60.8 Å². The van der Waals surface area contributed by atoms with Crippen molar-refractivity contribution in [2.45, 2.75) is 51.2 Å². The molecular weight excluding hydrogens is 404 g/mol. The third-order valence-electron chi connectivity index (χ3n) is 4.19. The Morgan fingerprint density at radius 3 is 2.10 bits per heavy atom. The van der Waals surface area contributed by atoms with E-state index in [0.29, 0.717) is 18.6 Å². The fourth-order valence-corrected chi connectivity index (χ4v) is 2.76. The minimum Gasteiger partial charge on any atom is -0.481 e. The maximum Gasteiger partial charge on any atom is 0.322 e. The van der Waals surface area contributed by atoms with Gasteiger partial charge in [0.2, 0.25) is 17.7 Å². The highest BCUT2D eigenvalue weighted by atomic mass is 32.2. The molecule has 4 unspecified atom stereocenters. The summed E-state index contributed by atoms with van der Waals surface area (Å²) in [7, 11) is 0. The molecule has 3 amide bonds. The summed E-state index contributed by atoms with van der Waals surface area (Å²) in [4.78, 5) is 58.8. The summed E-state index contributed by atoms with van der Waals surface area (Å²) in [5.41, 5.74) is 5.75. The normalized spacial score (nSPS) is 14.8. The lowest BCUT2D eigenvalue weighted by atomic mass is 9.97. The zero-order chi connectivity index (χ0) is 22.6. The predicted molar refractivity (Wildman–Crippen MR) is 107 cm³/mol. The fourth-order valence-electron chi connectivity index (χ4n) is 2.27. The van der Waals surface area contributed by atoms with Gasteiger partial charge in [0.15, 0.2) is 0 Å². The van der Waals surface area contributed by atoms with Crippen LogP contribution in [-0.4, -0.2) is 76.6 Å². The van der Waals surface area contributed by atoms with Crippen LogP contribution in [0.5, 0.6) is 0 Å². The Bertz CT molecular complexity index is 602. The zero-order valence-corrected chi connectivity index (χ0v) is 17.6. The average Bonchev–Trinajstić information content (AvgIpc) is 2.66.